The first-order valence-electron chi connectivity index (χ1n) is 10.6. The Hall–Kier alpha value is -3.68. The Labute approximate surface area is 178 Å². The molecule has 1 saturated carbocycles. The lowest BCUT2D eigenvalue weighted by molar-refractivity contribution is -0.139. The Bertz CT molecular complexity index is 1320. The van der Waals surface area contributed by atoms with Gasteiger partial charge in [-0.25, -0.2) is 14.0 Å². The SMILES string of the molecule is O=C(C1CC1)N1CC(Cn2ncn(-c3ccc(-c4ccc5cn[nH]c5c4)cc3)c2=O)C1. The van der Waals surface area contributed by atoms with Gasteiger partial charge in [-0.05, 0) is 42.2 Å². The number of benzene rings is 2. The predicted octanol–water partition coefficient (Wildman–Crippen LogP) is 2.45. The molecule has 8 heteroatoms. The quantitative estimate of drug-likeness (QED) is 0.543. The average Bonchev–Trinajstić information content (AvgIpc) is 3.40. The molecule has 8 nitrogen and oxygen atoms in total. The van der Waals surface area contributed by atoms with E-state index in [2.05, 4.69) is 27.4 Å². The molecule has 0 unspecified atom stereocenters. The zero-order chi connectivity index (χ0) is 20.9. The second-order valence-electron chi connectivity index (χ2n) is 8.57. The minimum Gasteiger partial charge on any atom is -0.342 e. The standard InChI is InChI=1S/C23H22N6O2/c30-22(17-1-2-17)27-11-15(12-27)13-29-23(31)28(14-25-29)20-7-5-16(6-8-20)18-3-4-19-10-24-26-21(19)9-18/h3-10,14-15,17H,1-2,11-13H2,(H,24,26). The summed E-state index contributed by atoms with van der Waals surface area (Å²) < 4.78 is 3.07. The molecule has 0 radical (unpaired) electrons. The Morgan fingerprint density at radius 3 is 2.61 bits per heavy atom. The monoisotopic (exact) mass is 414 g/mol. The number of amides is 1. The summed E-state index contributed by atoms with van der Waals surface area (Å²) in [6.45, 7) is 2.00. The number of H-pyrrole nitrogens is 1. The number of likely N-dealkylation sites (tertiary alicyclic amines) is 1. The molecule has 156 valence electrons. The minimum atomic E-state index is -0.154. The molecule has 1 amide bonds. The van der Waals surface area contributed by atoms with Gasteiger partial charge in [0.25, 0.3) is 0 Å². The maximum Gasteiger partial charge on any atom is 0.350 e. The van der Waals surface area contributed by atoms with Crippen molar-refractivity contribution in [2.75, 3.05) is 13.1 Å². The maximum atomic E-state index is 12.8. The van der Waals surface area contributed by atoms with Crippen molar-refractivity contribution in [3.63, 3.8) is 0 Å². The Kier molecular flexibility index (Phi) is 4.05. The van der Waals surface area contributed by atoms with Crippen molar-refractivity contribution >= 4 is 16.8 Å². The molecular formula is C23H22N6O2. The lowest BCUT2D eigenvalue weighted by Crippen LogP contribution is -2.52. The Morgan fingerprint density at radius 1 is 1.06 bits per heavy atom. The zero-order valence-electron chi connectivity index (χ0n) is 16.9. The van der Waals surface area contributed by atoms with Crippen LogP contribution in [-0.2, 0) is 11.3 Å². The van der Waals surface area contributed by atoms with Crippen molar-refractivity contribution in [2.24, 2.45) is 11.8 Å². The van der Waals surface area contributed by atoms with Crippen molar-refractivity contribution < 1.29 is 4.79 Å². The molecular weight excluding hydrogens is 392 g/mol. The topological polar surface area (TPSA) is 88.8 Å². The summed E-state index contributed by atoms with van der Waals surface area (Å²) in [7, 11) is 0. The van der Waals surface area contributed by atoms with Crippen LogP contribution in [0, 0.1) is 11.8 Å². The lowest BCUT2D eigenvalue weighted by Gasteiger charge is -2.39. The third-order valence-corrected chi connectivity index (χ3v) is 6.28. The maximum absolute atomic E-state index is 12.8. The predicted molar refractivity (Wildman–Crippen MR) is 116 cm³/mol. The normalized spacial score (nSPS) is 16.6. The number of carbonyl (C=O) groups is 1. The molecule has 6 rings (SSSR count). The van der Waals surface area contributed by atoms with Gasteiger partial charge in [0.15, 0.2) is 0 Å². The van der Waals surface area contributed by atoms with Gasteiger partial charge < -0.3 is 4.90 Å². The number of hydrogen-bond acceptors (Lipinski definition) is 4. The molecule has 3 heterocycles. The summed E-state index contributed by atoms with van der Waals surface area (Å²) in [6.07, 6.45) is 5.43. The Morgan fingerprint density at radius 2 is 1.84 bits per heavy atom. The number of aromatic amines is 1. The van der Waals surface area contributed by atoms with Crippen molar-refractivity contribution in [1.82, 2.24) is 29.4 Å². The molecule has 0 atom stereocenters. The van der Waals surface area contributed by atoms with Gasteiger partial charge in [0.2, 0.25) is 5.91 Å². The van der Waals surface area contributed by atoms with E-state index in [0.29, 0.717) is 12.5 Å². The van der Waals surface area contributed by atoms with Crippen molar-refractivity contribution in [2.45, 2.75) is 19.4 Å². The molecule has 1 aliphatic heterocycles. The molecule has 1 saturated heterocycles. The van der Waals surface area contributed by atoms with Gasteiger partial charge >= 0.3 is 5.69 Å². The van der Waals surface area contributed by atoms with Crippen molar-refractivity contribution in [3.8, 4) is 16.8 Å². The van der Waals surface area contributed by atoms with Gasteiger partial charge in [-0.3, -0.25) is 9.89 Å². The molecule has 4 aromatic rings. The molecule has 1 N–H and O–H groups in total. The summed E-state index contributed by atoms with van der Waals surface area (Å²) in [5, 5.41) is 12.4. The highest BCUT2D eigenvalue weighted by Crippen LogP contribution is 2.33. The molecule has 0 spiro atoms. The average molecular weight is 414 g/mol. The fourth-order valence-corrected chi connectivity index (χ4v) is 4.27. The summed E-state index contributed by atoms with van der Waals surface area (Å²) in [5.41, 5.74) is 3.77. The highest BCUT2D eigenvalue weighted by molar-refractivity contribution is 5.84. The van der Waals surface area contributed by atoms with E-state index in [1.54, 1.807) is 17.1 Å². The first-order valence-corrected chi connectivity index (χ1v) is 10.6. The Balaban J connectivity index is 1.16. The van der Waals surface area contributed by atoms with Gasteiger partial charge in [-0.2, -0.15) is 10.2 Å². The van der Waals surface area contributed by atoms with Gasteiger partial charge in [-0.1, -0.05) is 24.3 Å². The number of nitrogens with one attached hydrogen (secondary N) is 1. The lowest BCUT2D eigenvalue weighted by atomic mass is 9.99. The van der Waals surface area contributed by atoms with Gasteiger partial charge in [-0.15, -0.1) is 0 Å². The van der Waals surface area contributed by atoms with Crippen LogP contribution < -0.4 is 5.69 Å². The molecule has 0 bridgehead atoms. The van der Waals surface area contributed by atoms with Crippen LogP contribution in [0.4, 0.5) is 0 Å². The highest BCUT2D eigenvalue weighted by atomic mass is 16.2. The van der Waals surface area contributed by atoms with E-state index in [1.165, 1.54) is 4.68 Å². The number of nitrogens with zero attached hydrogens (tertiary/aromatic N) is 5. The van der Waals surface area contributed by atoms with Crippen molar-refractivity contribution in [1.29, 1.82) is 0 Å². The number of fused-ring (bicyclic) bond motifs is 1. The van der Waals surface area contributed by atoms with Crippen LogP contribution in [-0.4, -0.2) is 48.4 Å². The van der Waals surface area contributed by atoms with E-state index in [0.717, 1.165) is 53.6 Å². The molecule has 2 fully saturated rings. The van der Waals surface area contributed by atoms with E-state index in [9.17, 15) is 9.59 Å². The molecule has 2 aromatic heterocycles. The third-order valence-electron chi connectivity index (χ3n) is 6.28. The summed E-state index contributed by atoms with van der Waals surface area (Å²) in [5.74, 6) is 0.830. The molecule has 31 heavy (non-hydrogen) atoms. The zero-order valence-corrected chi connectivity index (χ0v) is 16.9. The van der Waals surface area contributed by atoms with Crippen LogP contribution in [0.2, 0.25) is 0 Å². The van der Waals surface area contributed by atoms with Crippen LogP contribution in [0.3, 0.4) is 0 Å². The number of carbonyl (C=O) groups excluding carboxylic acids is 1. The van der Waals surface area contributed by atoms with Crippen LogP contribution in [0.5, 0.6) is 0 Å². The number of aromatic nitrogens is 5. The van der Waals surface area contributed by atoms with Crippen LogP contribution >= 0.6 is 0 Å². The first kappa shape index (κ1) is 18.1. The first-order chi connectivity index (χ1) is 15.2. The van der Waals surface area contributed by atoms with Crippen LogP contribution in [0.1, 0.15) is 12.8 Å². The van der Waals surface area contributed by atoms with E-state index >= 15 is 0 Å². The third kappa shape index (κ3) is 3.24. The van der Waals surface area contributed by atoms with Gasteiger partial charge in [0.05, 0.1) is 23.9 Å². The van der Waals surface area contributed by atoms with Gasteiger partial charge in [0.1, 0.15) is 6.33 Å². The molecule has 2 aliphatic rings. The fourth-order valence-electron chi connectivity index (χ4n) is 4.27. The second kappa shape index (κ2) is 6.94. The number of rotatable bonds is 5. The van der Waals surface area contributed by atoms with E-state index in [4.69, 9.17) is 0 Å². The van der Waals surface area contributed by atoms with Crippen LogP contribution in [0.25, 0.3) is 27.7 Å². The summed E-state index contributed by atoms with van der Waals surface area (Å²) >= 11 is 0. The number of hydrogen-bond donors (Lipinski definition) is 1. The van der Waals surface area contributed by atoms with Crippen molar-refractivity contribution in [3.05, 3.63) is 65.5 Å². The second-order valence-corrected chi connectivity index (χ2v) is 8.57. The van der Waals surface area contributed by atoms with E-state index in [-0.39, 0.29) is 17.5 Å². The smallest absolute Gasteiger partial charge is 0.342 e. The van der Waals surface area contributed by atoms with E-state index in [1.807, 2.05) is 35.2 Å². The summed E-state index contributed by atoms with van der Waals surface area (Å²) in [4.78, 5) is 26.8. The highest BCUT2D eigenvalue weighted by Gasteiger charge is 2.39. The molecule has 2 aromatic carbocycles. The van der Waals surface area contributed by atoms with E-state index < -0.39 is 0 Å². The molecule has 1 aliphatic carbocycles. The van der Waals surface area contributed by atoms with Gasteiger partial charge in [0, 0.05) is 30.3 Å². The summed E-state index contributed by atoms with van der Waals surface area (Å²) in [6, 6.07) is 14.0. The minimum absolute atomic E-state index is 0.154. The fraction of sp³-hybridized carbons (Fsp3) is 0.304. The largest absolute Gasteiger partial charge is 0.350 e. The van der Waals surface area contributed by atoms with Crippen LogP contribution in [0.15, 0.2) is 59.8 Å².